The van der Waals surface area contributed by atoms with E-state index in [1.54, 1.807) is 54.5 Å². The van der Waals surface area contributed by atoms with Crippen molar-refractivity contribution in [2.45, 2.75) is 119 Å². The Morgan fingerprint density at radius 1 is 0.486 bits per heavy atom. The summed E-state index contributed by atoms with van der Waals surface area (Å²) in [5.74, 6) is 6.57. The predicted molar refractivity (Wildman–Crippen MR) is 285 cm³/mol. The lowest BCUT2D eigenvalue weighted by Gasteiger charge is -2.27. The van der Waals surface area contributed by atoms with Crippen LogP contribution in [0.25, 0.3) is 0 Å². The van der Waals surface area contributed by atoms with Crippen molar-refractivity contribution in [3.8, 4) is 24.2 Å². The molecule has 4 atom stereocenters. The average molecular weight is 945 g/mol. The molecule has 0 saturated carbocycles. The molecular weight excluding hydrogens is 873 g/mol. The quantitative estimate of drug-likeness (QED) is 0.0405. The minimum Gasteiger partial charge on any atom is -0.447 e. The van der Waals surface area contributed by atoms with Gasteiger partial charge in [-0.15, -0.1) is 12.3 Å². The predicted octanol–water partition coefficient (Wildman–Crippen LogP) is 13.7. The number of carbonyl (C=O) groups is 4. The maximum absolute atomic E-state index is 11.7. The molecule has 0 radical (unpaired) electrons. The summed E-state index contributed by atoms with van der Waals surface area (Å²) in [5, 5.41) is 0. The number of allylic oxidation sites excluding steroid dienone is 1. The van der Waals surface area contributed by atoms with Gasteiger partial charge in [0.2, 0.25) is 0 Å². The Balaban J connectivity index is 0.000000467. The summed E-state index contributed by atoms with van der Waals surface area (Å²) in [5.41, 5.74) is 6.01. The van der Waals surface area contributed by atoms with Gasteiger partial charge in [-0.1, -0.05) is 170 Å². The fourth-order valence-electron chi connectivity index (χ4n) is 5.91. The Morgan fingerprint density at radius 3 is 1.04 bits per heavy atom. The fraction of sp³-hybridized carbons (Fsp3) is 0.290. The van der Waals surface area contributed by atoms with Crippen LogP contribution in [0.5, 0.6) is 0 Å². The summed E-state index contributed by atoms with van der Waals surface area (Å²) in [6.45, 7) is 43.3. The highest BCUT2D eigenvalue weighted by Gasteiger charge is 2.31. The fourth-order valence-corrected chi connectivity index (χ4v) is 5.91. The van der Waals surface area contributed by atoms with Crippen LogP contribution < -0.4 is 0 Å². The van der Waals surface area contributed by atoms with Crippen molar-refractivity contribution in [2.75, 3.05) is 0 Å². The normalized spacial score (nSPS) is 13.5. The SMILES string of the molecule is C#CC(C)(OC(=O)C(=C)C)c1ccc(C)cc1.C=C(C)C(=O)OC(C)(/C=C/C)c1ccc(C)cc1.C=C(C)C(=O)OC(C)(C#CC)c1ccc(C)cc1.C=CC(C)(OC(=O)C(=C)C)c1ccc(C)cc1. The Hall–Kier alpha value is -7.68. The van der Waals surface area contributed by atoms with Crippen LogP contribution in [0, 0.1) is 51.9 Å². The van der Waals surface area contributed by atoms with Crippen molar-refractivity contribution in [1.29, 1.82) is 0 Å². The summed E-state index contributed by atoms with van der Waals surface area (Å²) >= 11 is 0. The minimum atomic E-state index is -1.05. The molecule has 0 N–H and O–H groups in total. The zero-order valence-corrected chi connectivity index (χ0v) is 43.8. The van der Waals surface area contributed by atoms with E-state index in [-0.39, 0.29) is 5.97 Å². The van der Waals surface area contributed by atoms with Gasteiger partial charge in [-0.3, -0.25) is 0 Å². The zero-order chi connectivity index (χ0) is 53.6. The van der Waals surface area contributed by atoms with E-state index < -0.39 is 40.3 Å². The first-order valence-electron chi connectivity index (χ1n) is 22.6. The largest absolute Gasteiger partial charge is 0.447 e. The topological polar surface area (TPSA) is 105 Å². The molecule has 4 rings (SSSR count). The van der Waals surface area contributed by atoms with Crippen LogP contribution in [0.3, 0.4) is 0 Å². The molecule has 0 aliphatic heterocycles. The maximum atomic E-state index is 11.7. The van der Waals surface area contributed by atoms with Crippen molar-refractivity contribution in [3.05, 3.63) is 215 Å². The number of hydrogen-bond donors (Lipinski definition) is 0. The second-order valence-electron chi connectivity index (χ2n) is 17.6. The molecule has 8 heteroatoms. The zero-order valence-electron chi connectivity index (χ0n) is 43.8. The van der Waals surface area contributed by atoms with Gasteiger partial charge in [0.15, 0.2) is 22.4 Å². The number of rotatable bonds is 14. The highest BCUT2D eigenvalue weighted by atomic mass is 16.6. The third-order valence-corrected chi connectivity index (χ3v) is 10.6. The molecule has 0 aliphatic carbocycles. The second kappa shape index (κ2) is 27.3. The summed E-state index contributed by atoms with van der Waals surface area (Å²) < 4.78 is 21.7. The molecule has 368 valence electrons. The molecule has 0 heterocycles. The van der Waals surface area contributed by atoms with Gasteiger partial charge in [-0.2, -0.15) is 0 Å². The van der Waals surface area contributed by atoms with Gasteiger partial charge in [0.1, 0.15) is 0 Å². The van der Waals surface area contributed by atoms with E-state index >= 15 is 0 Å². The molecule has 0 amide bonds. The lowest BCUT2D eigenvalue weighted by Crippen LogP contribution is -2.28. The monoisotopic (exact) mass is 945 g/mol. The Labute approximate surface area is 418 Å². The van der Waals surface area contributed by atoms with E-state index in [0.717, 1.165) is 38.9 Å². The molecule has 4 unspecified atom stereocenters. The summed E-state index contributed by atoms with van der Waals surface area (Å²) in [6, 6.07) is 31.2. The van der Waals surface area contributed by atoms with Gasteiger partial charge in [0.05, 0.1) is 0 Å². The Kier molecular flexibility index (Phi) is 23.6. The number of esters is 4. The molecular formula is C62H72O8. The molecule has 0 aromatic heterocycles. The van der Waals surface area contributed by atoms with E-state index in [1.165, 1.54) is 5.56 Å². The molecule has 0 aliphatic rings. The van der Waals surface area contributed by atoms with Gasteiger partial charge in [-0.25, -0.2) is 19.2 Å². The molecule has 4 aromatic rings. The summed E-state index contributed by atoms with van der Waals surface area (Å²) in [4.78, 5) is 46.5. The number of terminal acetylenes is 1. The molecule has 0 fully saturated rings. The molecule has 70 heavy (non-hydrogen) atoms. The van der Waals surface area contributed by atoms with Crippen LogP contribution >= 0.6 is 0 Å². The van der Waals surface area contributed by atoms with Gasteiger partial charge >= 0.3 is 23.9 Å². The standard InChI is InChI=1S/C16H20O2.C16H18O2.C15H18O2.C15H16O2/c2*1-6-11-16(5,18-15(17)12(2)3)14-9-7-13(4)8-10-14;2*1-6-15(5,17-14(16)11(2)3)13-9-7-12(4)8-10-13/h6-11H,2H2,1,3-5H3;7-10H,2H2,1,3-5H3;6-10H,1-2H2,3-5H3;1,7-10H,2H2,3-5H3/b11-6+;;;. The van der Waals surface area contributed by atoms with Gasteiger partial charge in [-0.05, 0) is 120 Å². The van der Waals surface area contributed by atoms with Crippen LogP contribution in [-0.2, 0) is 60.5 Å². The van der Waals surface area contributed by atoms with E-state index in [2.05, 4.69) is 50.7 Å². The van der Waals surface area contributed by atoms with Crippen molar-refractivity contribution in [1.82, 2.24) is 0 Å². The third-order valence-electron chi connectivity index (χ3n) is 10.6. The number of ether oxygens (including phenoxy) is 4. The van der Waals surface area contributed by atoms with Crippen LogP contribution in [-0.4, -0.2) is 23.9 Å². The molecule has 0 saturated heterocycles. The molecule has 0 spiro atoms. The second-order valence-corrected chi connectivity index (χ2v) is 17.6. The van der Waals surface area contributed by atoms with E-state index in [9.17, 15) is 19.2 Å². The van der Waals surface area contributed by atoms with Crippen molar-refractivity contribution in [3.63, 3.8) is 0 Å². The highest BCUT2D eigenvalue weighted by Crippen LogP contribution is 2.30. The average Bonchev–Trinajstić information content (AvgIpc) is 3.30. The van der Waals surface area contributed by atoms with Crippen LogP contribution in [0.15, 0.2) is 170 Å². The van der Waals surface area contributed by atoms with E-state index in [0.29, 0.717) is 22.3 Å². The first-order chi connectivity index (χ1) is 32.5. The third kappa shape index (κ3) is 18.8. The smallest absolute Gasteiger partial charge is 0.334 e. The number of hydrogen-bond acceptors (Lipinski definition) is 8. The lowest BCUT2D eigenvalue weighted by atomic mass is 9.94. The van der Waals surface area contributed by atoms with Gasteiger partial charge < -0.3 is 18.9 Å². The summed E-state index contributed by atoms with van der Waals surface area (Å²) in [7, 11) is 0. The molecule has 8 nitrogen and oxygen atoms in total. The highest BCUT2D eigenvalue weighted by molar-refractivity contribution is 5.89. The minimum absolute atomic E-state index is 0.332. The van der Waals surface area contributed by atoms with Crippen LogP contribution in [0.1, 0.15) is 114 Å². The Bertz CT molecular complexity index is 2650. The van der Waals surface area contributed by atoms with Crippen molar-refractivity contribution < 1.29 is 38.1 Å². The summed E-state index contributed by atoms with van der Waals surface area (Å²) in [6.07, 6.45) is 10.8. The number of aryl methyl sites for hydroxylation is 4. The molecule has 0 bridgehead atoms. The van der Waals surface area contributed by atoms with E-state index in [4.69, 9.17) is 25.4 Å². The van der Waals surface area contributed by atoms with Gasteiger partial charge in [0.25, 0.3) is 0 Å². The number of benzene rings is 4. The first kappa shape index (κ1) is 60.3. The van der Waals surface area contributed by atoms with Crippen molar-refractivity contribution >= 4 is 23.9 Å². The number of carbonyl (C=O) groups excluding carboxylic acids is 4. The first-order valence-corrected chi connectivity index (χ1v) is 22.6. The van der Waals surface area contributed by atoms with Crippen molar-refractivity contribution in [2.24, 2.45) is 0 Å². The van der Waals surface area contributed by atoms with Gasteiger partial charge in [0, 0.05) is 33.4 Å². The van der Waals surface area contributed by atoms with E-state index in [1.807, 2.05) is 158 Å². The lowest BCUT2D eigenvalue weighted by molar-refractivity contribution is -0.150. The van der Waals surface area contributed by atoms with Crippen LogP contribution in [0.4, 0.5) is 0 Å². The molecule has 4 aromatic carbocycles. The maximum Gasteiger partial charge on any atom is 0.334 e. The Morgan fingerprint density at radius 2 is 0.757 bits per heavy atom. The van der Waals surface area contributed by atoms with Crippen LogP contribution in [0.2, 0.25) is 0 Å².